The predicted molar refractivity (Wildman–Crippen MR) is 83.4 cm³/mol. The molecule has 2 aromatic rings. The number of likely N-dealkylation sites (tertiary alicyclic amines) is 1. The summed E-state index contributed by atoms with van der Waals surface area (Å²) in [5.41, 5.74) is 2.50. The maximum atomic E-state index is 5.07. The minimum absolute atomic E-state index is 0.618. The van der Waals surface area contributed by atoms with Crippen LogP contribution in [0.15, 0.2) is 10.7 Å². The Labute approximate surface area is 131 Å². The van der Waals surface area contributed by atoms with Gasteiger partial charge in [-0.3, -0.25) is 9.58 Å². The van der Waals surface area contributed by atoms with E-state index in [1.165, 1.54) is 24.9 Å². The van der Waals surface area contributed by atoms with E-state index in [0.717, 1.165) is 37.6 Å². The normalized spacial score (nSPS) is 19.7. The minimum atomic E-state index is 0.618. The summed E-state index contributed by atoms with van der Waals surface area (Å²) in [6.45, 7) is 10.3. The number of nitrogens with zero attached hydrogens (tertiary/aromatic N) is 5. The van der Waals surface area contributed by atoms with Crippen LogP contribution in [-0.2, 0) is 19.5 Å². The molecular formula is C16H25N5O. The second-order valence-corrected chi connectivity index (χ2v) is 6.27. The molecule has 6 heteroatoms. The predicted octanol–water partition coefficient (Wildman–Crippen LogP) is 2.36. The molecule has 120 valence electrons. The molecular weight excluding hydrogens is 278 g/mol. The summed E-state index contributed by atoms with van der Waals surface area (Å²) in [5, 5.41) is 8.57. The summed E-state index contributed by atoms with van der Waals surface area (Å²) < 4.78 is 7.10. The highest BCUT2D eigenvalue weighted by molar-refractivity contribution is 5.15. The first-order valence-electron chi connectivity index (χ1n) is 8.18. The van der Waals surface area contributed by atoms with Crippen molar-refractivity contribution in [1.82, 2.24) is 24.8 Å². The lowest BCUT2D eigenvalue weighted by Gasteiger charge is -2.32. The molecule has 1 aliphatic heterocycles. The maximum absolute atomic E-state index is 5.07. The first kappa shape index (κ1) is 15.2. The van der Waals surface area contributed by atoms with Crippen LogP contribution < -0.4 is 0 Å². The van der Waals surface area contributed by atoms with Gasteiger partial charge in [-0.15, -0.1) is 0 Å². The van der Waals surface area contributed by atoms with Gasteiger partial charge in [-0.05, 0) is 39.2 Å². The van der Waals surface area contributed by atoms with E-state index >= 15 is 0 Å². The van der Waals surface area contributed by atoms with Gasteiger partial charge in [0.2, 0.25) is 5.89 Å². The molecule has 2 aromatic heterocycles. The van der Waals surface area contributed by atoms with Crippen molar-refractivity contribution < 1.29 is 4.52 Å². The van der Waals surface area contributed by atoms with E-state index in [1.54, 1.807) is 0 Å². The Bertz CT molecular complexity index is 618. The topological polar surface area (TPSA) is 60.0 Å². The maximum Gasteiger partial charge on any atom is 0.223 e. The van der Waals surface area contributed by atoms with E-state index in [-0.39, 0.29) is 0 Å². The molecule has 1 atom stereocenters. The lowest BCUT2D eigenvalue weighted by molar-refractivity contribution is 0.165. The average Bonchev–Trinajstić information content (AvgIpc) is 3.06. The van der Waals surface area contributed by atoms with Crippen molar-refractivity contribution in [3.8, 4) is 0 Å². The van der Waals surface area contributed by atoms with Gasteiger partial charge < -0.3 is 4.52 Å². The zero-order valence-corrected chi connectivity index (χ0v) is 13.7. The third-order valence-corrected chi connectivity index (χ3v) is 4.41. The van der Waals surface area contributed by atoms with Crippen LogP contribution in [-0.4, -0.2) is 37.9 Å². The summed E-state index contributed by atoms with van der Waals surface area (Å²) in [5.74, 6) is 2.12. The van der Waals surface area contributed by atoms with Crippen molar-refractivity contribution in [2.75, 3.05) is 13.1 Å². The fourth-order valence-electron chi connectivity index (χ4n) is 3.26. The first-order valence-corrected chi connectivity index (χ1v) is 8.18. The highest BCUT2D eigenvalue weighted by atomic mass is 16.5. The first-order chi connectivity index (χ1) is 10.6. The smallest absolute Gasteiger partial charge is 0.223 e. The highest BCUT2D eigenvalue weighted by Crippen LogP contribution is 2.22. The minimum Gasteiger partial charge on any atom is -0.340 e. The third kappa shape index (κ3) is 3.55. The molecule has 0 aromatic carbocycles. The number of rotatable bonds is 5. The summed E-state index contributed by atoms with van der Waals surface area (Å²) in [6.07, 6.45) is 5.59. The monoisotopic (exact) mass is 303 g/mol. The van der Waals surface area contributed by atoms with Crippen molar-refractivity contribution in [3.63, 3.8) is 0 Å². The Balaban J connectivity index is 1.59. The van der Waals surface area contributed by atoms with Crippen molar-refractivity contribution >= 4 is 0 Å². The van der Waals surface area contributed by atoms with Gasteiger partial charge in [0, 0.05) is 44.7 Å². The molecule has 0 amide bonds. The number of aromatic nitrogens is 4. The van der Waals surface area contributed by atoms with Gasteiger partial charge in [-0.2, -0.15) is 10.1 Å². The van der Waals surface area contributed by atoms with Crippen molar-refractivity contribution in [2.45, 2.75) is 53.1 Å². The number of hydrogen-bond acceptors (Lipinski definition) is 5. The summed E-state index contributed by atoms with van der Waals surface area (Å²) in [4.78, 5) is 6.87. The van der Waals surface area contributed by atoms with Crippen LogP contribution in [0.3, 0.4) is 0 Å². The van der Waals surface area contributed by atoms with E-state index in [0.29, 0.717) is 11.8 Å². The quantitative estimate of drug-likeness (QED) is 0.848. The molecule has 0 saturated carbocycles. The highest BCUT2D eigenvalue weighted by Gasteiger charge is 2.22. The molecule has 1 unspecified atom stereocenters. The molecule has 22 heavy (non-hydrogen) atoms. The lowest BCUT2D eigenvalue weighted by atomic mass is 9.94. The zero-order valence-electron chi connectivity index (χ0n) is 13.7. The molecule has 6 nitrogen and oxygen atoms in total. The molecule has 1 saturated heterocycles. The Morgan fingerprint density at radius 3 is 2.91 bits per heavy atom. The van der Waals surface area contributed by atoms with Crippen LogP contribution >= 0.6 is 0 Å². The molecule has 0 spiro atoms. The standard InChI is InChI=1S/C16H25N5O/c1-4-21-11-15(12(2)18-21)10-20-7-5-6-14(9-20)8-16-17-13(3)22-19-16/h11,14H,4-10H2,1-3H3. The molecule has 1 fully saturated rings. The van der Waals surface area contributed by atoms with Gasteiger partial charge in [0.25, 0.3) is 0 Å². The zero-order chi connectivity index (χ0) is 15.5. The molecule has 0 N–H and O–H groups in total. The van der Waals surface area contributed by atoms with E-state index in [4.69, 9.17) is 4.52 Å². The van der Waals surface area contributed by atoms with E-state index in [9.17, 15) is 0 Å². The van der Waals surface area contributed by atoms with Gasteiger partial charge >= 0.3 is 0 Å². The van der Waals surface area contributed by atoms with Gasteiger partial charge in [0.1, 0.15) is 0 Å². The van der Waals surface area contributed by atoms with Gasteiger partial charge in [-0.1, -0.05) is 5.16 Å². The van der Waals surface area contributed by atoms with Crippen molar-refractivity contribution in [3.05, 3.63) is 29.2 Å². The van der Waals surface area contributed by atoms with Crippen LogP contribution in [0.1, 0.15) is 42.7 Å². The van der Waals surface area contributed by atoms with E-state index in [2.05, 4.69) is 40.2 Å². The largest absolute Gasteiger partial charge is 0.340 e. The van der Waals surface area contributed by atoms with Crippen LogP contribution in [0.4, 0.5) is 0 Å². The Hall–Kier alpha value is -1.69. The molecule has 1 aliphatic rings. The molecule has 0 radical (unpaired) electrons. The summed E-state index contributed by atoms with van der Waals surface area (Å²) in [7, 11) is 0. The number of piperidine rings is 1. The fraction of sp³-hybridized carbons (Fsp3) is 0.688. The van der Waals surface area contributed by atoms with Crippen LogP contribution in [0, 0.1) is 19.8 Å². The second-order valence-electron chi connectivity index (χ2n) is 6.27. The van der Waals surface area contributed by atoms with Crippen LogP contribution in [0.2, 0.25) is 0 Å². The lowest BCUT2D eigenvalue weighted by Crippen LogP contribution is -2.36. The van der Waals surface area contributed by atoms with Gasteiger partial charge in [0.15, 0.2) is 5.82 Å². The average molecular weight is 303 g/mol. The van der Waals surface area contributed by atoms with Crippen molar-refractivity contribution in [2.24, 2.45) is 5.92 Å². The Kier molecular flexibility index (Phi) is 4.57. The van der Waals surface area contributed by atoms with E-state index in [1.807, 2.05) is 11.6 Å². The SMILES string of the molecule is CCn1cc(CN2CCCC(Cc3noc(C)n3)C2)c(C)n1. The molecule has 0 bridgehead atoms. The van der Waals surface area contributed by atoms with Gasteiger partial charge in [-0.25, -0.2) is 0 Å². The number of hydrogen-bond donors (Lipinski definition) is 0. The second kappa shape index (κ2) is 6.60. The molecule has 0 aliphatic carbocycles. The molecule has 3 heterocycles. The van der Waals surface area contributed by atoms with Crippen LogP contribution in [0.5, 0.6) is 0 Å². The number of aryl methyl sites for hydroxylation is 3. The van der Waals surface area contributed by atoms with E-state index < -0.39 is 0 Å². The summed E-state index contributed by atoms with van der Waals surface area (Å²) >= 11 is 0. The Morgan fingerprint density at radius 1 is 1.36 bits per heavy atom. The molecule has 3 rings (SSSR count). The third-order valence-electron chi connectivity index (χ3n) is 4.41. The fourth-order valence-corrected chi connectivity index (χ4v) is 3.26. The van der Waals surface area contributed by atoms with Gasteiger partial charge in [0.05, 0.1) is 5.69 Å². The summed E-state index contributed by atoms with van der Waals surface area (Å²) in [6, 6.07) is 0. The Morgan fingerprint density at radius 2 is 2.23 bits per heavy atom. The van der Waals surface area contributed by atoms with Crippen LogP contribution in [0.25, 0.3) is 0 Å². The van der Waals surface area contributed by atoms with Crippen molar-refractivity contribution in [1.29, 1.82) is 0 Å².